The first-order valence-corrected chi connectivity index (χ1v) is 7.29. The Morgan fingerprint density at radius 2 is 2.05 bits per heavy atom. The highest BCUT2D eigenvalue weighted by Crippen LogP contribution is 2.39. The predicted octanol–water partition coefficient (Wildman–Crippen LogP) is 2.12. The number of hydrogen-bond donors (Lipinski definition) is 1. The van der Waals surface area contributed by atoms with Crippen LogP contribution in [0.25, 0.3) is 5.52 Å². The Hall–Kier alpha value is -1.65. The van der Waals surface area contributed by atoms with Crippen molar-refractivity contribution >= 4 is 5.52 Å². The van der Waals surface area contributed by atoms with Gasteiger partial charge in [0.25, 0.3) is 5.56 Å². The van der Waals surface area contributed by atoms with Gasteiger partial charge in [-0.2, -0.15) is 5.10 Å². The average molecular weight is 258 g/mol. The molecule has 0 amide bonds. The fraction of sp³-hybridized carbons (Fsp3) is 0.643. The monoisotopic (exact) mass is 258 g/mol. The molecule has 5 heteroatoms. The van der Waals surface area contributed by atoms with E-state index in [9.17, 15) is 4.79 Å². The van der Waals surface area contributed by atoms with Gasteiger partial charge in [-0.1, -0.05) is 13.3 Å². The number of imidazole rings is 1. The second-order valence-corrected chi connectivity index (χ2v) is 5.77. The summed E-state index contributed by atoms with van der Waals surface area (Å²) in [6, 6.07) is 0. The van der Waals surface area contributed by atoms with Crippen LogP contribution >= 0.6 is 0 Å². The maximum Gasteiger partial charge on any atom is 0.277 e. The topological polar surface area (TPSA) is 63.1 Å². The van der Waals surface area contributed by atoms with Gasteiger partial charge in [0.05, 0.1) is 5.69 Å². The van der Waals surface area contributed by atoms with Crippen LogP contribution in [0.15, 0.2) is 4.79 Å². The molecule has 2 heterocycles. The quantitative estimate of drug-likeness (QED) is 0.917. The molecule has 1 N–H and O–H groups in total. The van der Waals surface area contributed by atoms with Crippen LogP contribution < -0.4 is 5.56 Å². The molecule has 5 nitrogen and oxygen atoms in total. The van der Waals surface area contributed by atoms with Gasteiger partial charge in [0.2, 0.25) is 0 Å². The maximum atomic E-state index is 12.3. The standard InChI is InChI=1S/C14H18N4O/c1-2-10-11-14(19)16-12(8-6-7-8)17-18(11)13(15-10)9-4-3-5-9/h8-9H,2-7H2,1H3,(H,16,17,19). The van der Waals surface area contributed by atoms with Crippen molar-refractivity contribution in [2.75, 3.05) is 0 Å². The third-order valence-corrected chi connectivity index (χ3v) is 4.39. The number of aryl methyl sites for hydroxylation is 1. The molecule has 2 aromatic heterocycles. The molecule has 4 rings (SSSR count). The average Bonchev–Trinajstić information content (AvgIpc) is 3.11. The molecule has 0 atom stereocenters. The van der Waals surface area contributed by atoms with Crippen LogP contribution in [0.4, 0.5) is 0 Å². The van der Waals surface area contributed by atoms with Crippen LogP contribution in [-0.4, -0.2) is 19.6 Å². The minimum absolute atomic E-state index is 0.0215. The fourth-order valence-corrected chi connectivity index (χ4v) is 2.83. The molecule has 2 fully saturated rings. The van der Waals surface area contributed by atoms with Crippen LogP contribution in [0.2, 0.25) is 0 Å². The lowest BCUT2D eigenvalue weighted by molar-refractivity contribution is 0.395. The normalized spacial score (nSPS) is 19.8. The van der Waals surface area contributed by atoms with Gasteiger partial charge in [-0.15, -0.1) is 0 Å². The highest BCUT2D eigenvalue weighted by molar-refractivity contribution is 5.51. The lowest BCUT2D eigenvalue weighted by atomic mass is 9.85. The number of rotatable bonds is 3. The largest absolute Gasteiger partial charge is 0.307 e. The number of aromatic amines is 1. The number of hydrogen-bond acceptors (Lipinski definition) is 3. The van der Waals surface area contributed by atoms with Gasteiger partial charge in [0, 0.05) is 11.8 Å². The smallest absolute Gasteiger partial charge is 0.277 e. The molecule has 2 aliphatic carbocycles. The lowest BCUT2D eigenvalue weighted by Gasteiger charge is -2.23. The van der Waals surface area contributed by atoms with Crippen LogP contribution in [0.1, 0.15) is 68.2 Å². The SMILES string of the molecule is CCc1nc(C2CCC2)n2nc(C3CC3)[nH]c(=O)c12. The molecule has 100 valence electrons. The van der Waals surface area contributed by atoms with E-state index in [0.717, 1.165) is 36.6 Å². The van der Waals surface area contributed by atoms with Crippen LogP contribution in [0.3, 0.4) is 0 Å². The summed E-state index contributed by atoms with van der Waals surface area (Å²) in [5.41, 5.74) is 1.53. The van der Waals surface area contributed by atoms with E-state index in [1.165, 1.54) is 19.3 Å². The zero-order valence-corrected chi connectivity index (χ0v) is 11.1. The molecule has 0 aliphatic heterocycles. The van der Waals surface area contributed by atoms with E-state index in [4.69, 9.17) is 4.98 Å². The van der Waals surface area contributed by atoms with E-state index in [1.807, 2.05) is 11.4 Å². The molecule has 0 unspecified atom stereocenters. The first kappa shape index (κ1) is 11.2. The molecule has 2 aliphatic rings. The van der Waals surface area contributed by atoms with Crippen molar-refractivity contribution < 1.29 is 0 Å². The molecule has 2 saturated carbocycles. The maximum absolute atomic E-state index is 12.3. The number of nitrogens with zero attached hydrogens (tertiary/aromatic N) is 3. The molecular weight excluding hydrogens is 240 g/mol. The molecular formula is C14H18N4O. The van der Waals surface area contributed by atoms with E-state index in [1.54, 1.807) is 0 Å². The van der Waals surface area contributed by atoms with Crippen LogP contribution in [0, 0.1) is 0 Å². The molecule has 0 saturated heterocycles. The highest BCUT2D eigenvalue weighted by Gasteiger charge is 2.30. The van der Waals surface area contributed by atoms with Gasteiger partial charge in [-0.05, 0) is 32.1 Å². The Morgan fingerprint density at radius 1 is 1.26 bits per heavy atom. The van der Waals surface area contributed by atoms with E-state index < -0.39 is 0 Å². The minimum atomic E-state index is -0.0215. The Morgan fingerprint density at radius 3 is 2.63 bits per heavy atom. The van der Waals surface area contributed by atoms with Crippen LogP contribution in [-0.2, 0) is 6.42 Å². The number of aromatic nitrogens is 4. The van der Waals surface area contributed by atoms with Crippen LogP contribution in [0.5, 0.6) is 0 Å². The van der Waals surface area contributed by atoms with Gasteiger partial charge in [-0.3, -0.25) is 4.79 Å². The van der Waals surface area contributed by atoms with Gasteiger partial charge >= 0.3 is 0 Å². The Kier molecular flexibility index (Phi) is 2.31. The molecule has 0 spiro atoms. The van der Waals surface area contributed by atoms with Crippen molar-refractivity contribution in [3.8, 4) is 0 Å². The fourth-order valence-electron chi connectivity index (χ4n) is 2.83. The summed E-state index contributed by atoms with van der Waals surface area (Å²) in [5, 5.41) is 4.67. The van der Waals surface area contributed by atoms with Gasteiger partial charge in [0.1, 0.15) is 11.6 Å². The number of H-pyrrole nitrogens is 1. The molecule has 0 bridgehead atoms. The summed E-state index contributed by atoms with van der Waals surface area (Å²) in [6.45, 7) is 2.04. The van der Waals surface area contributed by atoms with E-state index >= 15 is 0 Å². The van der Waals surface area contributed by atoms with Crippen molar-refractivity contribution in [1.29, 1.82) is 0 Å². The van der Waals surface area contributed by atoms with Gasteiger partial charge < -0.3 is 4.98 Å². The Labute approximate surface area is 111 Å². The summed E-state index contributed by atoms with van der Waals surface area (Å²) in [5.74, 6) is 2.80. The Balaban J connectivity index is 1.97. The summed E-state index contributed by atoms with van der Waals surface area (Å²) in [4.78, 5) is 19.9. The second kappa shape index (κ2) is 3.92. The zero-order valence-electron chi connectivity index (χ0n) is 11.1. The molecule has 19 heavy (non-hydrogen) atoms. The van der Waals surface area contributed by atoms with E-state index in [0.29, 0.717) is 17.4 Å². The van der Waals surface area contributed by atoms with Gasteiger partial charge in [-0.25, -0.2) is 9.50 Å². The Bertz CT molecular complexity index is 691. The summed E-state index contributed by atoms with van der Waals surface area (Å²) in [6.07, 6.45) is 6.68. The third-order valence-electron chi connectivity index (χ3n) is 4.39. The summed E-state index contributed by atoms with van der Waals surface area (Å²) >= 11 is 0. The van der Waals surface area contributed by atoms with Crippen molar-refractivity contribution in [3.63, 3.8) is 0 Å². The molecule has 2 aromatic rings. The zero-order chi connectivity index (χ0) is 13.0. The van der Waals surface area contributed by atoms with Crippen molar-refractivity contribution in [1.82, 2.24) is 19.6 Å². The van der Waals surface area contributed by atoms with Crippen molar-refractivity contribution in [2.24, 2.45) is 0 Å². The highest BCUT2D eigenvalue weighted by atomic mass is 16.1. The van der Waals surface area contributed by atoms with Gasteiger partial charge in [0.15, 0.2) is 5.52 Å². The number of fused-ring (bicyclic) bond motifs is 1. The van der Waals surface area contributed by atoms with E-state index in [2.05, 4.69) is 10.1 Å². The number of nitrogens with one attached hydrogen (secondary N) is 1. The predicted molar refractivity (Wildman–Crippen MR) is 71.6 cm³/mol. The summed E-state index contributed by atoms with van der Waals surface area (Å²) < 4.78 is 1.84. The minimum Gasteiger partial charge on any atom is -0.307 e. The van der Waals surface area contributed by atoms with E-state index in [-0.39, 0.29) is 5.56 Å². The van der Waals surface area contributed by atoms with Crippen molar-refractivity contribution in [3.05, 3.63) is 27.7 Å². The molecule has 0 aromatic carbocycles. The first-order chi connectivity index (χ1) is 9.28. The van der Waals surface area contributed by atoms with Crippen molar-refractivity contribution in [2.45, 2.75) is 57.3 Å². The third kappa shape index (κ3) is 1.64. The first-order valence-electron chi connectivity index (χ1n) is 7.29. The molecule has 0 radical (unpaired) electrons. The summed E-state index contributed by atoms with van der Waals surface area (Å²) in [7, 11) is 0. The second-order valence-electron chi connectivity index (χ2n) is 5.77. The lowest BCUT2D eigenvalue weighted by Crippen LogP contribution is -2.19.